The monoisotopic (exact) mass is 226 g/mol. The van der Waals surface area contributed by atoms with E-state index in [0.29, 0.717) is 0 Å². The molecule has 0 aliphatic carbocycles. The Balaban J connectivity index is 3.31. The summed E-state index contributed by atoms with van der Waals surface area (Å²) in [6.45, 7) is 11.1. The predicted octanol–water partition coefficient (Wildman–Crippen LogP) is 3.64. The van der Waals surface area contributed by atoms with Crippen molar-refractivity contribution in [2.24, 2.45) is 0 Å². The van der Waals surface area contributed by atoms with E-state index in [1.807, 2.05) is 0 Å². The molecule has 0 atom stereocenters. The third-order valence-electron chi connectivity index (χ3n) is 2.38. The summed E-state index contributed by atoms with van der Waals surface area (Å²) in [6, 6.07) is 8.56. The molecular weight excluding hydrogens is 208 g/mol. The fourth-order valence-corrected chi connectivity index (χ4v) is 3.74. The molecule has 0 aliphatic heterocycles. The van der Waals surface area contributed by atoms with Gasteiger partial charge in [0.1, 0.15) is 0 Å². The van der Waals surface area contributed by atoms with E-state index in [1.165, 1.54) is 10.8 Å². The lowest BCUT2D eigenvalue weighted by molar-refractivity contribution is 0.594. The van der Waals surface area contributed by atoms with Crippen LogP contribution in [0.5, 0.6) is 0 Å². The summed E-state index contributed by atoms with van der Waals surface area (Å²) in [7, 11) is -1.72. The van der Waals surface area contributed by atoms with E-state index in [1.54, 1.807) is 0 Å². The molecule has 0 bridgehead atoms. The zero-order valence-electron chi connectivity index (χ0n) is 9.69. The van der Waals surface area contributed by atoms with E-state index < -0.39 is 7.38 Å². The Morgan fingerprint density at radius 1 is 1.07 bits per heavy atom. The minimum atomic E-state index is -1.72. The van der Waals surface area contributed by atoms with Crippen molar-refractivity contribution in [3.05, 3.63) is 29.8 Å². The molecule has 0 unspecified atom stereocenters. The zero-order valence-corrected chi connectivity index (χ0v) is 11.4. The fourth-order valence-electron chi connectivity index (χ4n) is 1.66. The molecule has 0 N–H and O–H groups in total. The van der Waals surface area contributed by atoms with Crippen LogP contribution in [0.25, 0.3) is 0 Å². The molecular formula is C12H19ClSi. The molecule has 1 rings (SSSR count). The molecule has 0 saturated heterocycles. The normalized spacial score (nSPS) is 13.0. The SMILES string of the molecule is CC(C)(C)c1ccccc1[Si](C)(C)Cl. The first kappa shape index (κ1) is 11.8. The van der Waals surface area contributed by atoms with Crippen LogP contribution in [0, 0.1) is 0 Å². The van der Waals surface area contributed by atoms with Gasteiger partial charge in [-0.2, -0.15) is 11.1 Å². The van der Waals surface area contributed by atoms with Gasteiger partial charge < -0.3 is 0 Å². The molecule has 1 aromatic carbocycles. The van der Waals surface area contributed by atoms with Crippen LogP contribution in [0.2, 0.25) is 13.1 Å². The number of benzene rings is 1. The number of hydrogen-bond donors (Lipinski definition) is 0. The molecule has 78 valence electrons. The molecule has 2 heteroatoms. The van der Waals surface area contributed by atoms with Gasteiger partial charge >= 0.3 is 0 Å². The molecule has 1 aromatic rings. The van der Waals surface area contributed by atoms with E-state index in [9.17, 15) is 0 Å². The Labute approximate surface area is 93.0 Å². The molecule has 0 spiro atoms. The number of rotatable bonds is 1. The second-order valence-electron chi connectivity index (χ2n) is 5.27. The maximum absolute atomic E-state index is 6.51. The molecule has 0 aliphatic rings. The quantitative estimate of drug-likeness (QED) is 0.507. The Morgan fingerprint density at radius 3 is 1.93 bits per heavy atom. The summed E-state index contributed by atoms with van der Waals surface area (Å²) in [5, 5.41) is 1.37. The highest BCUT2D eigenvalue weighted by Gasteiger charge is 2.27. The average Bonchev–Trinajstić information content (AvgIpc) is 2.01. The van der Waals surface area contributed by atoms with Crippen molar-refractivity contribution in [3.63, 3.8) is 0 Å². The third kappa shape index (κ3) is 2.61. The lowest BCUT2D eigenvalue weighted by Crippen LogP contribution is -2.40. The zero-order chi connectivity index (χ0) is 11.0. The second-order valence-corrected chi connectivity index (χ2v) is 11.6. The maximum atomic E-state index is 6.51. The first-order valence-corrected chi connectivity index (χ1v) is 9.03. The molecule has 14 heavy (non-hydrogen) atoms. The summed E-state index contributed by atoms with van der Waals surface area (Å²) in [5.74, 6) is 0. The first-order valence-electron chi connectivity index (χ1n) is 5.02. The molecule has 0 aromatic heterocycles. The van der Waals surface area contributed by atoms with Gasteiger partial charge in [-0.25, -0.2) is 0 Å². The van der Waals surface area contributed by atoms with Gasteiger partial charge in [0.15, 0.2) is 7.38 Å². The minimum absolute atomic E-state index is 0.190. The van der Waals surface area contributed by atoms with Gasteiger partial charge in [-0.1, -0.05) is 58.1 Å². The third-order valence-corrected chi connectivity index (χ3v) is 4.70. The Bertz CT molecular complexity index is 285. The second kappa shape index (κ2) is 3.71. The van der Waals surface area contributed by atoms with E-state index in [4.69, 9.17) is 11.1 Å². The van der Waals surface area contributed by atoms with E-state index >= 15 is 0 Å². The van der Waals surface area contributed by atoms with Crippen LogP contribution in [0.3, 0.4) is 0 Å². The van der Waals surface area contributed by atoms with E-state index in [-0.39, 0.29) is 5.41 Å². The van der Waals surface area contributed by atoms with Crippen molar-refractivity contribution in [1.82, 2.24) is 0 Å². The minimum Gasteiger partial charge on any atom is -0.162 e. The Hall–Kier alpha value is -0.273. The van der Waals surface area contributed by atoms with Crippen molar-refractivity contribution < 1.29 is 0 Å². The van der Waals surface area contributed by atoms with Gasteiger partial charge in [0.2, 0.25) is 0 Å². The highest BCUT2D eigenvalue weighted by molar-refractivity contribution is 7.26. The van der Waals surface area contributed by atoms with Crippen LogP contribution in [0.1, 0.15) is 26.3 Å². The predicted molar refractivity (Wildman–Crippen MR) is 68.1 cm³/mol. The molecule has 0 fully saturated rings. The highest BCUT2D eigenvalue weighted by atomic mass is 35.6. The van der Waals surface area contributed by atoms with Gasteiger partial charge in [0, 0.05) is 0 Å². The Morgan fingerprint density at radius 2 is 1.57 bits per heavy atom. The van der Waals surface area contributed by atoms with Crippen LogP contribution < -0.4 is 5.19 Å². The number of halogens is 1. The van der Waals surface area contributed by atoms with Gasteiger partial charge in [0.05, 0.1) is 0 Å². The summed E-state index contributed by atoms with van der Waals surface area (Å²) in [6.07, 6.45) is 0. The topological polar surface area (TPSA) is 0 Å². The highest BCUT2D eigenvalue weighted by Crippen LogP contribution is 2.23. The summed E-state index contributed by atoms with van der Waals surface area (Å²) in [5.41, 5.74) is 1.59. The maximum Gasteiger partial charge on any atom is 0.181 e. The molecule has 0 amide bonds. The van der Waals surface area contributed by atoms with Crippen molar-refractivity contribution in [2.45, 2.75) is 39.3 Å². The standard InChI is InChI=1S/C12H19ClSi/c1-12(2,3)10-8-6-7-9-11(10)14(4,5)13/h6-9H,1-5H3. The van der Waals surface area contributed by atoms with Gasteiger partial charge in [-0.3, -0.25) is 0 Å². The van der Waals surface area contributed by atoms with Crippen LogP contribution in [0.15, 0.2) is 24.3 Å². The lowest BCUT2D eigenvalue weighted by atomic mass is 9.87. The average molecular weight is 227 g/mol. The molecule has 0 radical (unpaired) electrons. The van der Waals surface area contributed by atoms with Crippen LogP contribution >= 0.6 is 11.1 Å². The lowest BCUT2D eigenvalue weighted by Gasteiger charge is -2.27. The van der Waals surface area contributed by atoms with Gasteiger partial charge in [-0.05, 0) is 16.2 Å². The smallest absolute Gasteiger partial charge is 0.162 e. The summed E-state index contributed by atoms with van der Waals surface area (Å²) < 4.78 is 0. The van der Waals surface area contributed by atoms with Crippen molar-refractivity contribution in [3.8, 4) is 0 Å². The fraction of sp³-hybridized carbons (Fsp3) is 0.500. The summed E-state index contributed by atoms with van der Waals surface area (Å²) in [4.78, 5) is 0. The van der Waals surface area contributed by atoms with Crippen molar-refractivity contribution in [2.75, 3.05) is 0 Å². The van der Waals surface area contributed by atoms with Crippen LogP contribution in [0.4, 0.5) is 0 Å². The van der Waals surface area contributed by atoms with Crippen LogP contribution in [-0.4, -0.2) is 7.38 Å². The van der Waals surface area contributed by atoms with Crippen molar-refractivity contribution >= 4 is 23.6 Å². The van der Waals surface area contributed by atoms with E-state index in [0.717, 1.165) is 0 Å². The summed E-state index contributed by atoms with van der Waals surface area (Å²) >= 11 is 6.51. The molecule has 0 saturated carbocycles. The largest absolute Gasteiger partial charge is 0.181 e. The Kier molecular flexibility index (Phi) is 3.12. The van der Waals surface area contributed by atoms with E-state index in [2.05, 4.69) is 58.1 Å². The molecule has 0 nitrogen and oxygen atoms in total. The van der Waals surface area contributed by atoms with Gasteiger partial charge in [-0.15, -0.1) is 0 Å². The molecule has 0 heterocycles. The number of hydrogen-bond acceptors (Lipinski definition) is 0. The van der Waals surface area contributed by atoms with Crippen LogP contribution in [-0.2, 0) is 5.41 Å². The van der Waals surface area contributed by atoms with Gasteiger partial charge in [0.25, 0.3) is 0 Å². The van der Waals surface area contributed by atoms with Crippen molar-refractivity contribution in [1.29, 1.82) is 0 Å². The first-order chi connectivity index (χ1) is 6.23.